The lowest BCUT2D eigenvalue weighted by Gasteiger charge is -2.11. The Morgan fingerprint density at radius 3 is 2.47 bits per heavy atom. The van der Waals surface area contributed by atoms with E-state index in [-0.39, 0.29) is 5.56 Å². The summed E-state index contributed by atoms with van der Waals surface area (Å²) in [6, 6.07) is 25.7. The fourth-order valence-corrected chi connectivity index (χ4v) is 4.62. The summed E-state index contributed by atoms with van der Waals surface area (Å²) in [5.74, 6) is 1.35. The minimum absolute atomic E-state index is 0.199. The first-order chi connectivity index (χ1) is 17.4. The van der Waals surface area contributed by atoms with Crippen LogP contribution in [0.2, 0.25) is 0 Å². The number of aryl methyl sites for hydroxylation is 2. The molecule has 5 rings (SSSR count). The van der Waals surface area contributed by atoms with Crippen molar-refractivity contribution in [2.45, 2.75) is 27.4 Å². The quantitative estimate of drug-likeness (QED) is 0.236. The Bertz CT molecular complexity index is 1630. The van der Waals surface area contributed by atoms with Crippen molar-refractivity contribution < 1.29 is 4.74 Å². The maximum atomic E-state index is 13.0. The van der Waals surface area contributed by atoms with E-state index in [2.05, 4.69) is 43.6 Å². The number of halogens is 1. The minimum atomic E-state index is -0.199. The van der Waals surface area contributed by atoms with E-state index in [0.29, 0.717) is 23.3 Å². The number of rotatable bonds is 6. The summed E-state index contributed by atoms with van der Waals surface area (Å²) < 4.78 is 10.3. The zero-order valence-corrected chi connectivity index (χ0v) is 21.9. The molecule has 36 heavy (non-hydrogen) atoms. The van der Waals surface area contributed by atoms with Gasteiger partial charge >= 0.3 is 0 Å². The van der Waals surface area contributed by atoms with E-state index in [1.807, 2.05) is 73.7 Å². The number of ether oxygens (including phenoxy) is 1. The van der Waals surface area contributed by atoms with E-state index >= 15 is 0 Å². The fraction of sp³-hybridized carbons (Fsp3) is 0.138. The molecule has 0 atom stereocenters. The molecule has 0 radical (unpaired) electrons. The largest absolute Gasteiger partial charge is 0.489 e. The highest BCUT2D eigenvalue weighted by Crippen LogP contribution is 2.23. The molecule has 6 nitrogen and oxygen atoms in total. The SMILES string of the molecule is Cc1cc(C=Nn2c(C)nc3ccc(Br)cc3c2=O)c(C)n1-c1ccc(OCc2ccccc2)cc1. The molecule has 2 heterocycles. The fourth-order valence-electron chi connectivity index (χ4n) is 4.26. The number of benzene rings is 3. The van der Waals surface area contributed by atoms with E-state index in [4.69, 9.17) is 4.74 Å². The predicted octanol–water partition coefficient (Wildman–Crippen LogP) is 6.34. The third-order valence-electron chi connectivity index (χ3n) is 6.10. The third-order valence-corrected chi connectivity index (χ3v) is 6.59. The lowest BCUT2D eigenvalue weighted by atomic mass is 10.2. The van der Waals surface area contributed by atoms with E-state index < -0.39 is 0 Å². The molecule has 0 saturated heterocycles. The van der Waals surface area contributed by atoms with Crippen LogP contribution < -0.4 is 10.3 Å². The number of fused-ring (bicyclic) bond motifs is 1. The zero-order chi connectivity index (χ0) is 25.2. The molecule has 7 heteroatoms. The number of aromatic nitrogens is 3. The summed E-state index contributed by atoms with van der Waals surface area (Å²) in [4.78, 5) is 17.6. The summed E-state index contributed by atoms with van der Waals surface area (Å²) in [5.41, 5.74) is 5.63. The maximum Gasteiger partial charge on any atom is 0.282 e. The van der Waals surface area contributed by atoms with E-state index in [1.54, 1.807) is 19.2 Å². The van der Waals surface area contributed by atoms with Crippen LogP contribution in [0.1, 0.15) is 28.3 Å². The van der Waals surface area contributed by atoms with Gasteiger partial charge in [0.25, 0.3) is 5.56 Å². The Morgan fingerprint density at radius 2 is 1.72 bits per heavy atom. The predicted molar refractivity (Wildman–Crippen MR) is 147 cm³/mol. The van der Waals surface area contributed by atoms with Gasteiger partial charge in [0.05, 0.1) is 17.1 Å². The van der Waals surface area contributed by atoms with Gasteiger partial charge in [0, 0.05) is 27.1 Å². The first-order valence-electron chi connectivity index (χ1n) is 11.6. The van der Waals surface area contributed by atoms with Gasteiger partial charge < -0.3 is 9.30 Å². The molecule has 0 aliphatic rings. The van der Waals surface area contributed by atoms with Crippen molar-refractivity contribution in [2.75, 3.05) is 0 Å². The third kappa shape index (κ3) is 4.75. The van der Waals surface area contributed by atoms with Crippen molar-refractivity contribution in [1.82, 2.24) is 14.2 Å². The van der Waals surface area contributed by atoms with Crippen LogP contribution in [0.4, 0.5) is 0 Å². The van der Waals surface area contributed by atoms with Gasteiger partial charge in [-0.15, -0.1) is 0 Å². The zero-order valence-electron chi connectivity index (χ0n) is 20.3. The second-order valence-corrected chi connectivity index (χ2v) is 9.53. The molecule has 0 unspecified atom stereocenters. The Balaban J connectivity index is 1.40. The first-order valence-corrected chi connectivity index (χ1v) is 12.4. The van der Waals surface area contributed by atoms with Crippen LogP contribution in [-0.2, 0) is 6.61 Å². The molecule has 2 aromatic heterocycles. The van der Waals surface area contributed by atoms with Gasteiger partial charge in [0.1, 0.15) is 18.2 Å². The molecule has 180 valence electrons. The van der Waals surface area contributed by atoms with Crippen LogP contribution in [0.3, 0.4) is 0 Å². The lowest BCUT2D eigenvalue weighted by Crippen LogP contribution is -2.20. The molecule has 0 aliphatic carbocycles. The summed E-state index contributed by atoms with van der Waals surface area (Å²) in [6.45, 7) is 6.41. The highest BCUT2D eigenvalue weighted by atomic mass is 79.9. The monoisotopic (exact) mass is 540 g/mol. The van der Waals surface area contributed by atoms with Gasteiger partial charge in [0.15, 0.2) is 0 Å². The molecule has 0 saturated carbocycles. The van der Waals surface area contributed by atoms with Crippen molar-refractivity contribution in [2.24, 2.45) is 5.10 Å². The molecule has 0 amide bonds. The molecule has 0 fully saturated rings. The van der Waals surface area contributed by atoms with Crippen LogP contribution in [0.25, 0.3) is 16.6 Å². The summed E-state index contributed by atoms with van der Waals surface area (Å²) in [7, 11) is 0. The Hall–Kier alpha value is -3.97. The van der Waals surface area contributed by atoms with Gasteiger partial charge in [-0.05, 0) is 74.9 Å². The minimum Gasteiger partial charge on any atom is -0.489 e. The average Bonchev–Trinajstić information content (AvgIpc) is 3.17. The topological polar surface area (TPSA) is 61.4 Å². The van der Waals surface area contributed by atoms with Crippen LogP contribution in [0.5, 0.6) is 5.75 Å². The number of nitrogens with zero attached hydrogens (tertiary/aromatic N) is 4. The Kier molecular flexibility index (Phi) is 6.57. The highest BCUT2D eigenvalue weighted by molar-refractivity contribution is 9.10. The smallest absolute Gasteiger partial charge is 0.282 e. The molecule has 5 aromatic rings. The van der Waals surface area contributed by atoms with Crippen molar-refractivity contribution in [3.8, 4) is 11.4 Å². The summed E-state index contributed by atoms with van der Waals surface area (Å²) in [6.07, 6.45) is 1.72. The highest BCUT2D eigenvalue weighted by Gasteiger charge is 2.11. The summed E-state index contributed by atoms with van der Waals surface area (Å²) in [5, 5.41) is 5.02. The van der Waals surface area contributed by atoms with Crippen LogP contribution in [0, 0.1) is 20.8 Å². The van der Waals surface area contributed by atoms with Crippen molar-refractivity contribution in [3.63, 3.8) is 0 Å². The van der Waals surface area contributed by atoms with Crippen LogP contribution in [-0.4, -0.2) is 20.4 Å². The molecular formula is C29H25BrN4O2. The molecular weight excluding hydrogens is 516 g/mol. The first kappa shape index (κ1) is 23.8. The molecule has 0 bridgehead atoms. The van der Waals surface area contributed by atoms with Crippen molar-refractivity contribution >= 4 is 33.0 Å². The van der Waals surface area contributed by atoms with E-state index in [0.717, 1.165) is 38.4 Å². The van der Waals surface area contributed by atoms with Gasteiger partial charge in [-0.1, -0.05) is 46.3 Å². The second-order valence-electron chi connectivity index (χ2n) is 8.61. The van der Waals surface area contributed by atoms with Gasteiger partial charge in [0.2, 0.25) is 0 Å². The lowest BCUT2D eigenvalue weighted by molar-refractivity contribution is 0.306. The molecule has 0 N–H and O–H groups in total. The van der Waals surface area contributed by atoms with Gasteiger partial charge in [-0.25, -0.2) is 4.98 Å². The van der Waals surface area contributed by atoms with Crippen molar-refractivity contribution in [3.05, 3.63) is 122 Å². The van der Waals surface area contributed by atoms with Crippen LogP contribution >= 0.6 is 15.9 Å². The van der Waals surface area contributed by atoms with E-state index in [1.165, 1.54) is 4.68 Å². The molecule has 3 aromatic carbocycles. The van der Waals surface area contributed by atoms with Crippen LogP contribution in [0.15, 0.2) is 93.2 Å². The summed E-state index contributed by atoms with van der Waals surface area (Å²) >= 11 is 3.43. The number of hydrogen-bond donors (Lipinski definition) is 0. The number of hydrogen-bond acceptors (Lipinski definition) is 4. The second kappa shape index (κ2) is 9.95. The van der Waals surface area contributed by atoms with E-state index in [9.17, 15) is 4.79 Å². The standard InChI is InChI=1S/C29H25BrN4O2/c1-19-15-23(17-31-34-21(3)32-28-14-9-24(30)16-27(28)29(34)35)20(2)33(19)25-10-12-26(13-11-25)36-18-22-7-5-4-6-8-22/h4-17H,18H2,1-3H3. The Morgan fingerprint density at radius 1 is 0.972 bits per heavy atom. The molecule has 0 aliphatic heterocycles. The Labute approximate surface area is 217 Å². The van der Waals surface area contributed by atoms with Gasteiger partial charge in [-0.3, -0.25) is 4.79 Å². The average molecular weight is 541 g/mol. The maximum absolute atomic E-state index is 13.0. The van der Waals surface area contributed by atoms with Gasteiger partial charge in [-0.2, -0.15) is 9.78 Å². The molecule has 0 spiro atoms. The van der Waals surface area contributed by atoms with Crippen molar-refractivity contribution in [1.29, 1.82) is 0 Å². The normalized spacial score (nSPS) is 11.4.